The molecule has 1 aromatic carbocycles. The van der Waals surface area contributed by atoms with Crippen molar-refractivity contribution in [2.75, 3.05) is 26.3 Å². The summed E-state index contributed by atoms with van der Waals surface area (Å²) >= 11 is 0. The number of morpholine rings is 1. The summed E-state index contributed by atoms with van der Waals surface area (Å²) in [5, 5.41) is 0. The molecule has 2 rings (SSSR count). The van der Waals surface area contributed by atoms with Gasteiger partial charge in [-0.2, -0.15) is 0 Å². The number of Topliss-reactive ketones (excluding diaryl/α,β-unsaturated/α-hetero) is 1. The first kappa shape index (κ1) is 11.7. The fraction of sp³-hybridized carbons (Fsp3) is 0.357. The van der Waals surface area contributed by atoms with Crippen molar-refractivity contribution in [2.45, 2.75) is 6.92 Å². The van der Waals surface area contributed by atoms with Crippen LogP contribution in [0.3, 0.4) is 0 Å². The van der Waals surface area contributed by atoms with Gasteiger partial charge in [-0.1, -0.05) is 29.8 Å². The Kier molecular flexibility index (Phi) is 3.79. The zero-order chi connectivity index (χ0) is 12.1. The third kappa shape index (κ3) is 3.33. The normalized spacial score (nSPS) is 15.0. The van der Waals surface area contributed by atoms with Crippen LogP contribution in [0.1, 0.15) is 15.9 Å². The van der Waals surface area contributed by atoms with E-state index in [1.54, 1.807) is 0 Å². The van der Waals surface area contributed by atoms with Crippen LogP contribution in [0.2, 0.25) is 0 Å². The largest absolute Gasteiger partial charge is 0.378 e. The van der Waals surface area contributed by atoms with Crippen LogP contribution in [0.4, 0.5) is 0 Å². The summed E-state index contributed by atoms with van der Waals surface area (Å²) in [7, 11) is 0. The maximum Gasteiger partial charge on any atom is 0.237 e. The molecule has 17 heavy (non-hydrogen) atoms. The van der Waals surface area contributed by atoms with Crippen LogP contribution in [-0.2, 0) is 4.74 Å². The average Bonchev–Trinajstić information content (AvgIpc) is 2.38. The van der Waals surface area contributed by atoms with Gasteiger partial charge in [-0.25, -0.2) is 0 Å². The summed E-state index contributed by atoms with van der Waals surface area (Å²) in [5.74, 6) is 2.54. The van der Waals surface area contributed by atoms with Crippen molar-refractivity contribution in [3.05, 3.63) is 35.4 Å². The van der Waals surface area contributed by atoms with E-state index < -0.39 is 0 Å². The highest BCUT2D eigenvalue weighted by Gasteiger charge is 2.06. The topological polar surface area (TPSA) is 29.5 Å². The van der Waals surface area contributed by atoms with E-state index in [-0.39, 0.29) is 5.78 Å². The molecule has 0 aliphatic carbocycles. The van der Waals surface area contributed by atoms with Crippen LogP contribution in [0.5, 0.6) is 0 Å². The molecule has 0 unspecified atom stereocenters. The number of carbonyl (C=O) groups excluding carboxylic acids is 1. The van der Waals surface area contributed by atoms with E-state index >= 15 is 0 Å². The molecule has 1 aromatic rings. The summed E-state index contributed by atoms with van der Waals surface area (Å²) in [4.78, 5) is 13.7. The molecule has 0 atom stereocenters. The van der Waals surface area contributed by atoms with Crippen LogP contribution < -0.4 is 0 Å². The van der Waals surface area contributed by atoms with E-state index in [2.05, 4.69) is 12.0 Å². The van der Waals surface area contributed by atoms with Gasteiger partial charge in [0.15, 0.2) is 0 Å². The van der Waals surface area contributed by atoms with Gasteiger partial charge in [0, 0.05) is 24.7 Å². The van der Waals surface area contributed by atoms with Gasteiger partial charge >= 0.3 is 0 Å². The van der Waals surface area contributed by atoms with E-state index in [1.165, 1.54) is 0 Å². The van der Waals surface area contributed by atoms with Crippen molar-refractivity contribution in [3.8, 4) is 12.0 Å². The molecule has 0 saturated carbocycles. The van der Waals surface area contributed by atoms with Crippen molar-refractivity contribution >= 4 is 5.78 Å². The van der Waals surface area contributed by atoms with Crippen molar-refractivity contribution in [1.82, 2.24) is 4.90 Å². The minimum absolute atomic E-state index is 0.128. The molecule has 0 N–H and O–H groups in total. The van der Waals surface area contributed by atoms with Crippen LogP contribution in [0.25, 0.3) is 0 Å². The number of nitrogens with zero attached hydrogens (tertiary/aromatic N) is 1. The van der Waals surface area contributed by atoms with Crippen molar-refractivity contribution in [2.24, 2.45) is 0 Å². The predicted molar refractivity (Wildman–Crippen MR) is 65.7 cm³/mol. The molecule has 0 bridgehead atoms. The standard InChI is InChI=1S/C14H15NO2/c1-12-2-4-13(5-3-12)14(16)6-7-15-8-10-17-11-9-15/h2-5H,8-11H2,1H3. The number of ketones is 1. The Hall–Kier alpha value is -1.79. The maximum absolute atomic E-state index is 11.8. The summed E-state index contributed by atoms with van der Waals surface area (Å²) in [6.45, 7) is 4.91. The SMILES string of the molecule is Cc1ccc(C(=O)C#CN2CCOCC2)cc1. The molecule has 3 nitrogen and oxygen atoms in total. The lowest BCUT2D eigenvalue weighted by molar-refractivity contribution is 0.0637. The highest BCUT2D eigenvalue weighted by molar-refractivity contribution is 6.08. The quantitative estimate of drug-likeness (QED) is 0.539. The molecule has 1 aliphatic rings. The highest BCUT2D eigenvalue weighted by Crippen LogP contribution is 2.03. The van der Waals surface area contributed by atoms with Gasteiger partial charge in [-0.3, -0.25) is 4.79 Å². The summed E-state index contributed by atoms with van der Waals surface area (Å²) in [5.41, 5.74) is 1.79. The third-order valence-corrected chi connectivity index (χ3v) is 2.65. The Morgan fingerprint density at radius 1 is 1.24 bits per heavy atom. The van der Waals surface area contributed by atoms with E-state index in [1.807, 2.05) is 36.1 Å². The molecule has 1 fully saturated rings. The van der Waals surface area contributed by atoms with Gasteiger partial charge in [0.05, 0.1) is 13.2 Å². The lowest BCUT2D eigenvalue weighted by Crippen LogP contribution is -2.32. The molecule has 88 valence electrons. The molecule has 1 aliphatic heterocycles. The molecule has 0 radical (unpaired) electrons. The van der Waals surface area contributed by atoms with Crippen molar-refractivity contribution in [1.29, 1.82) is 0 Å². The van der Waals surface area contributed by atoms with E-state index in [4.69, 9.17) is 4.74 Å². The zero-order valence-corrected chi connectivity index (χ0v) is 9.90. The zero-order valence-electron chi connectivity index (χ0n) is 9.90. The predicted octanol–water partition coefficient (Wildman–Crippen LogP) is 1.47. The first-order valence-corrected chi connectivity index (χ1v) is 5.71. The number of hydrogen-bond acceptors (Lipinski definition) is 3. The van der Waals surface area contributed by atoms with Crippen LogP contribution in [0, 0.1) is 18.9 Å². The molecular weight excluding hydrogens is 214 g/mol. The van der Waals surface area contributed by atoms with Crippen molar-refractivity contribution in [3.63, 3.8) is 0 Å². The second-order valence-electron chi connectivity index (χ2n) is 4.03. The van der Waals surface area contributed by atoms with Gasteiger partial charge in [-0.05, 0) is 12.8 Å². The van der Waals surface area contributed by atoms with E-state index in [9.17, 15) is 4.79 Å². The number of aryl methyl sites for hydroxylation is 1. The molecule has 1 saturated heterocycles. The summed E-state index contributed by atoms with van der Waals surface area (Å²) in [6.07, 6.45) is 0. The van der Waals surface area contributed by atoms with Crippen LogP contribution in [-0.4, -0.2) is 37.0 Å². The summed E-state index contributed by atoms with van der Waals surface area (Å²) < 4.78 is 5.21. The van der Waals surface area contributed by atoms with Gasteiger partial charge in [-0.15, -0.1) is 0 Å². The number of carbonyl (C=O) groups is 1. The Bertz CT molecular complexity index is 447. The van der Waals surface area contributed by atoms with Crippen molar-refractivity contribution < 1.29 is 9.53 Å². The smallest absolute Gasteiger partial charge is 0.237 e. The van der Waals surface area contributed by atoms with Crippen LogP contribution in [0.15, 0.2) is 24.3 Å². The maximum atomic E-state index is 11.8. The van der Waals surface area contributed by atoms with Gasteiger partial charge in [0.2, 0.25) is 5.78 Å². The number of rotatable bonds is 1. The molecule has 3 heteroatoms. The van der Waals surface area contributed by atoms with Gasteiger partial charge in [0.25, 0.3) is 0 Å². The monoisotopic (exact) mass is 229 g/mol. The fourth-order valence-corrected chi connectivity index (χ4v) is 1.58. The summed E-state index contributed by atoms with van der Waals surface area (Å²) in [6, 6.07) is 10.4. The van der Waals surface area contributed by atoms with E-state index in [0.29, 0.717) is 18.8 Å². The lowest BCUT2D eigenvalue weighted by atomic mass is 10.1. The molecule has 0 spiro atoms. The fourth-order valence-electron chi connectivity index (χ4n) is 1.58. The van der Waals surface area contributed by atoms with Crippen LogP contribution >= 0.6 is 0 Å². The molecule has 1 heterocycles. The van der Waals surface area contributed by atoms with E-state index in [0.717, 1.165) is 18.7 Å². The first-order chi connectivity index (χ1) is 8.25. The average molecular weight is 229 g/mol. The Morgan fingerprint density at radius 2 is 1.88 bits per heavy atom. The minimum Gasteiger partial charge on any atom is -0.378 e. The highest BCUT2D eigenvalue weighted by atomic mass is 16.5. The van der Waals surface area contributed by atoms with Gasteiger partial charge < -0.3 is 9.64 Å². The lowest BCUT2D eigenvalue weighted by Gasteiger charge is -2.22. The molecule has 0 aromatic heterocycles. The number of ether oxygens (including phenoxy) is 1. The Labute approximate surface area is 101 Å². The number of benzene rings is 1. The second-order valence-corrected chi connectivity index (χ2v) is 4.03. The molecular formula is C14H15NO2. The second kappa shape index (κ2) is 5.51. The minimum atomic E-state index is -0.128. The first-order valence-electron chi connectivity index (χ1n) is 5.71. The van der Waals surface area contributed by atoms with Gasteiger partial charge in [0.1, 0.15) is 0 Å². The molecule has 0 amide bonds. The Morgan fingerprint density at radius 3 is 2.53 bits per heavy atom. The third-order valence-electron chi connectivity index (χ3n) is 2.65. The number of hydrogen-bond donors (Lipinski definition) is 0. The Balaban J connectivity index is 2.01.